The molecule has 0 amide bonds. The fourth-order valence-electron chi connectivity index (χ4n) is 2.03. The van der Waals surface area contributed by atoms with Crippen LogP contribution in [-0.4, -0.2) is 18.3 Å². The lowest BCUT2D eigenvalue weighted by molar-refractivity contribution is -0.0112. The maximum absolute atomic E-state index is 13.7. The summed E-state index contributed by atoms with van der Waals surface area (Å²) in [7, 11) is 0. The van der Waals surface area contributed by atoms with Gasteiger partial charge in [-0.2, -0.15) is 0 Å². The van der Waals surface area contributed by atoms with Crippen molar-refractivity contribution < 1.29 is 14.2 Å². The van der Waals surface area contributed by atoms with Gasteiger partial charge in [0, 0.05) is 22.6 Å². The van der Waals surface area contributed by atoms with Crippen molar-refractivity contribution in [2.45, 2.75) is 18.9 Å². The number of halogens is 3. The standard InChI is InChI=1S/C12H13BrClFO2/c13-9-5-11(15)8(4-10(9)14)12(16)7-2-1-3-17-6-7/h4-5,7,12,16H,1-3,6H2. The molecule has 1 fully saturated rings. The lowest BCUT2D eigenvalue weighted by Gasteiger charge is -2.27. The van der Waals surface area contributed by atoms with Crippen molar-refractivity contribution in [1.29, 1.82) is 0 Å². The second-order valence-electron chi connectivity index (χ2n) is 4.21. The van der Waals surface area contributed by atoms with Gasteiger partial charge in [-0.15, -0.1) is 0 Å². The van der Waals surface area contributed by atoms with Crippen LogP contribution in [0.25, 0.3) is 0 Å². The summed E-state index contributed by atoms with van der Waals surface area (Å²) in [6.07, 6.45) is 0.878. The van der Waals surface area contributed by atoms with Gasteiger partial charge in [-0.1, -0.05) is 11.6 Å². The van der Waals surface area contributed by atoms with Gasteiger partial charge < -0.3 is 9.84 Å². The minimum absolute atomic E-state index is 0.0597. The molecule has 2 atom stereocenters. The first-order valence-corrected chi connectivity index (χ1v) is 6.67. The molecule has 1 aromatic rings. The van der Waals surface area contributed by atoms with Crippen LogP contribution in [0.5, 0.6) is 0 Å². The Morgan fingerprint density at radius 1 is 1.53 bits per heavy atom. The summed E-state index contributed by atoms with van der Waals surface area (Å²) in [5, 5.41) is 10.5. The van der Waals surface area contributed by atoms with Crippen LogP contribution in [0.3, 0.4) is 0 Å². The smallest absolute Gasteiger partial charge is 0.130 e. The summed E-state index contributed by atoms with van der Waals surface area (Å²) >= 11 is 9.06. The van der Waals surface area contributed by atoms with Crippen molar-refractivity contribution in [3.63, 3.8) is 0 Å². The minimum atomic E-state index is -0.860. The summed E-state index contributed by atoms with van der Waals surface area (Å²) in [4.78, 5) is 0. The summed E-state index contributed by atoms with van der Waals surface area (Å²) in [6.45, 7) is 1.18. The van der Waals surface area contributed by atoms with E-state index < -0.39 is 11.9 Å². The van der Waals surface area contributed by atoms with Crippen LogP contribution in [-0.2, 0) is 4.74 Å². The van der Waals surface area contributed by atoms with Crippen molar-refractivity contribution in [3.05, 3.63) is 33.0 Å². The molecule has 0 radical (unpaired) electrons. The van der Waals surface area contributed by atoms with Crippen LogP contribution in [0.1, 0.15) is 24.5 Å². The Hall–Kier alpha value is -0.160. The van der Waals surface area contributed by atoms with Crippen molar-refractivity contribution in [2.75, 3.05) is 13.2 Å². The molecule has 2 unspecified atom stereocenters. The fraction of sp³-hybridized carbons (Fsp3) is 0.500. The molecule has 1 aromatic carbocycles. The topological polar surface area (TPSA) is 29.5 Å². The van der Waals surface area contributed by atoms with Crippen LogP contribution in [0.15, 0.2) is 16.6 Å². The maximum atomic E-state index is 13.7. The summed E-state index contributed by atoms with van der Waals surface area (Å²) < 4.78 is 19.5. The lowest BCUT2D eigenvalue weighted by Crippen LogP contribution is -2.24. The van der Waals surface area contributed by atoms with E-state index in [4.69, 9.17) is 16.3 Å². The third kappa shape index (κ3) is 2.99. The number of aliphatic hydroxyl groups is 1. The average Bonchev–Trinajstić information content (AvgIpc) is 2.34. The predicted molar refractivity (Wildman–Crippen MR) is 67.6 cm³/mol. The third-order valence-electron chi connectivity index (χ3n) is 3.00. The first kappa shape index (κ1) is 13.3. The van der Waals surface area contributed by atoms with Crippen LogP contribution in [0, 0.1) is 11.7 Å². The third-order valence-corrected chi connectivity index (χ3v) is 4.20. The Morgan fingerprint density at radius 3 is 2.94 bits per heavy atom. The molecule has 2 nitrogen and oxygen atoms in total. The molecule has 0 aliphatic carbocycles. The Labute approximate surface area is 113 Å². The molecule has 1 heterocycles. The van der Waals surface area contributed by atoms with E-state index in [0.29, 0.717) is 22.7 Å². The zero-order valence-electron chi connectivity index (χ0n) is 9.13. The fourth-order valence-corrected chi connectivity index (χ4v) is 2.52. The Morgan fingerprint density at radius 2 is 2.29 bits per heavy atom. The average molecular weight is 324 g/mol. The predicted octanol–water partition coefficient (Wildman–Crippen LogP) is 3.70. The van der Waals surface area contributed by atoms with Gasteiger partial charge in [0.25, 0.3) is 0 Å². The first-order valence-electron chi connectivity index (χ1n) is 5.50. The molecule has 0 bridgehead atoms. The highest BCUT2D eigenvalue weighted by Gasteiger charge is 2.26. The zero-order chi connectivity index (χ0) is 12.4. The summed E-state index contributed by atoms with van der Waals surface area (Å²) in [5.41, 5.74) is 0.244. The van der Waals surface area contributed by atoms with E-state index in [9.17, 15) is 9.50 Å². The Kier molecular flexibility index (Phi) is 4.42. The monoisotopic (exact) mass is 322 g/mol. The number of aliphatic hydroxyl groups excluding tert-OH is 1. The largest absolute Gasteiger partial charge is 0.388 e. The van der Waals surface area contributed by atoms with Crippen molar-refractivity contribution >= 4 is 27.5 Å². The van der Waals surface area contributed by atoms with E-state index in [1.165, 1.54) is 12.1 Å². The van der Waals surface area contributed by atoms with E-state index in [1.54, 1.807) is 0 Å². The van der Waals surface area contributed by atoms with Crippen LogP contribution in [0.4, 0.5) is 4.39 Å². The molecule has 1 aliphatic heterocycles. The number of benzene rings is 1. The van der Waals surface area contributed by atoms with Crippen molar-refractivity contribution in [3.8, 4) is 0 Å². The van der Waals surface area contributed by atoms with E-state index in [-0.39, 0.29) is 11.5 Å². The number of hydrogen-bond donors (Lipinski definition) is 1. The molecule has 2 rings (SSSR count). The van der Waals surface area contributed by atoms with Crippen molar-refractivity contribution in [2.24, 2.45) is 5.92 Å². The highest BCUT2D eigenvalue weighted by Crippen LogP contribution is 2.34. The van der Waals surface area contributed by atoms with Gasteiger partial charge in [-0.3, -0.25) is 0 Å². The quantitative estimate of drug-likeness (QED) is 0.841. The SMILES string of the molecule is OC(c1cc(Cl)c(Br)cc1F)C1CCCOC1. The van der Waals surface area contributed by atoms with Gasteiger partial charge in [0.1, 0.15) is 5.82 Å². The van der Waals surface area contributed by atoms with Crippen LogP contribution >= 0.6 is 27.5 Å². The molecule has 1 N–H and O–H groups in total. The zero-order valence-corrected chi connectivity index (χ0v) is 11.5. The molecule has 1 aliphatic rings. The number of ether oxygens (including phenoxy) is 1. The van der Waals surface area contributed by atoms with E-state index in [2.05, 4.69) is 15.9 Å². The van der Waals surface area contributed by atoms with Crippen LogP contribution < -0.4 is 0 Å². The molecule has 0 aromatic heterocycles. The van der Waals surface area contributed by atoms with E-state index in [0.717, 1.165) is 12.8 Å². The molecule has 0 spiro atoms. The summed E-state index contributed by atoms with van der Waals surface area (Å²) in [6, 6.07) is 2.75. The molecular formula is C12H13BrClFO2. The lowest BCUT2D eigenvalue weighted by atomic mass is 9.91. The highest BCUT2D eigenvalue weighted by molar-refractivity contribution is 9.10. The summed E-state index contributed by atoms with van der Waals surface area (Å²) in [5.74, 6) is -0.505. The Balaban J connectivity index is 2.23. The van der Waals surface area contributed by atoms with Gasteiger partial charge in [-0.05, 0) is 40.9 Å². The second kappa shape index (κ2) is 5.65. The number of rotatable bonds is 2. The van der Waals surface area contributed by atoms with Crippen molar-refractivity contribution in [1.82, 2.24) is 0 Å². The van der Waals surface area contributed by atoms with Gasteiger partial charge in [0.2, 0.25) is 0 Å². The minimum Gasteiger partial charge on any atom is -0.388 e. The number of hydrogen-bond acceptors (Lipinski definition) is 2. The molecule has 1 saturated heterocycles. The maximum Gasteiger partial charge on any atom is 0.130 e. The molecular weight excluding hydrogens is 310 g/mol. The molecule has 94 valence electrons. The van der Waals surface area contributed by atoms with E-state index in [1.807, 2.05) is 0 Å². The van der Waals surface area contributed by atoms with Crippen LogP contribution in [0.2, 0.25) is 5.02 Å². The molecule has 5 heteroatoms. The van der Waals surface area contributed by atoms with Gasteiger partial charge >= 0.3 is 0 Å². The van der Waals surface area contributed by atoms with Gasteiger partial charge in [0.05, 0.1) is 17.7 Å². The van der Waals surface area contributed by atoms with E-state index >= 15 is 0 Å². The first-order chi connectivity index (χ1) is 8.09. The highest BCUT2D eigenvalue weighted by atomic mass is 79.9. The molecule has 17 heavy (non-hydrogen) atoms. The molecule has 0 saturated carbocycles. The Bertz CT molecular complexity index is 408. The van der Waals surface area contributed by atoms with Gasteiger partial charge in [0.15, 0.2) is 0 Å². The van der Waals surface area contributed by atoms with Gasteiger partial charge in [-0.25, -0.2) is 4.39 Å². The second-order valence-corrected chi connectivity index (χ2v) is 5.47. The normalized spacial score (nSPS) is 22.5.